The van der Waals surface area contributed by atoms with Crippen LogP contribution < -0.4 is 5.32 Å². The SMILES string of the molecule is CC(C)CCCCNc1cccc(S(C)(=O)=O)c1[N+](=O)[O-]. The van der Waals surface area contributed by atoms with E-state index in [1.54, 1.807) is 0 Å². The highest BCUT2D eigenvalue weighted by molar-refractivity contribution is 7.90. The van der Waals surface area contributed by atoms with Gasteiger partial charge in [-0.2, -0.15) is 0 Å². The summed E-state index contributed by atoms with van der Waals surface area (Å²) in [6.07, 6.45) is 4.00. The Morgan fingerprint density at radius 2 is 1.95 bits per heavy atom. The molecule has 1 aromatic rings. The number of sulfone groups is 1. The van der Waals surface area contributed by atoms with Crippen LogP contribution in [0.5, 0.6) is 0 Å². The van der Waals surface area contributed by atoms with Gasteiger partial charge in [0.2, 0.25) is 0 Å². The lowest BCUT2D eigenvalue weighted by atomic mass is 10.1. The molecule has 0 aliphatic carbocycles. The van der Waals surface area contributed by atoms with Crippen molar-refractivity contribution in [2.45, 2.75) is 38.0 Å². The molecule has 1 rings (SSSR count). The highest BCUT2D eigenvalue weighted by Gasteiger charge is 2.25. The van der Waals surface area contributed by atoms with E-state index in [9.17, 15) is 18.5 Å². The summed E-state index contributed by atoms with van der Waals surface area (Å²) in [6, 6.07) is 4.31. The maximum Gasteiger partial charge on any atom is 0.310 e. The van der Waals surface area contributed by atoms with Gasteiger partial charge in [-0.3, -0.25) is 10.1 Å². The zero-order chi connectivity index (χ0) is 16.0. The van der Waals surface area contributed by atoms with Crippen LogP contribution in [0.1, 0.15) is 33.1 Å². The van der Waals surface area contributed by atoms with Crippen molar-refractivity contribution in [1.82, 2.24) is 0 Å². The molecule has 1 N–H and O–H groups in total. The van der Waals surface area contributed by atoms with Gasteiger partial charge in [0.25, 0.3) is 0 Å². The van der Waals surface area contributed by atoms with Gasteiger partial charge >= 0.3 is 5.69 Å². The lowest BCUT2D eigenvalue weighted by Gasteiger charge is -2.10. The molecule has 0 saturated heterocycles. The number of nitrogens with zero attached hydrogens (tertiary/aromatic N) is 1. The van der Waals surface area contributed by atoms with Crippen LogP contribution in [0.3, 0.4) is 0 Å². The van der Waals surface area contributed by atoms with Gasteiger partial charge in [0.1, 0.15) is 10.6 Å². The van der Waals surface area contributed by atoms with Gasteiger partial charge in [-0.1, -0.05) is 32.8 Å². The normalized spacial score (nSPS) is 11.6. The Morgan fingerprint density at radius 1 is 1.29 bits per heavy atom. The van der Waals surface area contributed by atoms with Gasteiger partial charge in [0, 0.05) is 12.8 Å². The Labute approximate surface area is 125 Å². The van der Waals surface area contributed by atoms with E-state index in [0.29, 0.717) is 12.5 Å². The number of para-hydroxylation sites is 1. The molecule has 0 aromatic heterocycles. The molecule has 0 aliphatic heterocycles. The minimum Gasteiger partial charge on any atom is -0.379 e. The fourth-order valence-electron chi connectivity index (χ4n) is 2.05. The van der Waals surface area contributed by atoms with Gasteiger partial charge < -0.3 is 5.32 Å². The summed E-state index contributed by atoms with van der Waals surface area (Å²) in [4.78, 5) is 10.3. The maximum absolute atomic E-state index is 11.6. The van der Waals surface area contributed by atoms with Crippen LogP contribution in [0, 0.1) is 16.0 Å². The highest BCUT2D eigenvalue weighted by atomic mass is 32.2. The molecule has 0 spiro atoms. The van der Waals surface area contributed by atoms with Gasteiger partial charge in [0.05, 0.1) is 4.92 Å². The number of nitro benzene ring substituents is 1. The lowest BCUT2D eigenvalue weighted by Crippen LogP contribution is -2.08. The maximum atomic E-state index is 11.6. The predicted molar refractivity (Wildman–Crippen MR) is 83.4 cm³/mol. The second-order valence-corrected chi connectivity index (χ2v) is 7.48. The fourth-order valence-corrected chi connectivity index (χ4v) is 2.91. The molecule has 0 amide bonds. The summed E-state index contributed by atoms with van der Waals surface area (Å²) in [6.45, 7) is 4.88. The van der Waals surface area contributed by atoms with Crippen molar-refractivity contribution in [2.24, 2.45) is 5.92 Å². The molecule has 1 aromatic carbocycles. The zero-order valence-electron chi connectivity index (χ0n) is 12.6. The van der Waals surface area contributed by atoms with E-state index >= 15 is 0 Å². The van der Waals surface area contributed by atoms with E-state index in [-0.39, 0.29) is 16.3 Å². The number of nitrogens with one attached hydrogen (secondary N) is 1. The average Bonchev–Trinajstić information content (AvgIpc) is 2.36. The number of anilines is 1. The number of nitro groups is 1. The van der Waals surface area contributed by atoms with Crippen molar-refractivity contribution < 1.29 is 13.3 Å². The van der Waals surface area contributed by atoms with Crippen LogP contribution >= 0.6 is 0 Å². The van der Waals surface area contributed by atoms with Crippen molar-refractivity contribution in [3.8, 4) is 0 Å². The van der Waals surface area contributed by atoms with E-state index in [1.165, 1.54) is 18.2 Å². The smallest absolute Gasteiger partial charge is 0.310 e. The average molecular weight is 314 g/mol. The molecule has 0 fully saturated rings. The third kappa shape index (κ3) is 5.34. The monoisotopic (exact) mass is 314 g/mol. The third-order valence-corrected chi connectivity index (χ3v) is 4.23. The summed E-state index contributed by atoms with van der Waals surface area (Å²) >= 11 is 0. The van der Waals surface area contributed by atoms with E-state index in [2.05, 4.69) is 19.2 Å². The van der Waals surface area contributed by atoms with Crippen molar-refractivity contribution in [3.05, 3.63) is 28.3 Å². The van der Waals surface area contributed by atoms with E-state index in [4.69, 9.17) is 0 Å². The van der Waals surface area contributed by atoms with Crippen LogP contribution in [0.2, 0.25) is 0 Å². The Kier molecular flexibility index (Phi) is 6.14. The fraction of sp³-hybridized carbons (Fsp3) is 0.571. The lowest BCUT2D eigenvalue weighted by molar-refractivity contribution is -0.386. The predicted octanol–water partition coefficient (Wildman–Crippen LogP) is 3.24. The number of hydrogen-bond donors (Lipinski definition) is 1. The molecule has 21 heavy (non-hydrogen) atoms. The molecule has 6 nitrogen and oxygen atoms in total. The molecule has 0 saturated carbocycles. The summed E-state index contributed by atoms with van der Waals surface area (Å²) in [5.41, 5.74) is -0.115. The highest BCUT2D eigenvalue weighted by Crippen LogP contribution is 2.31. The molecule has 0 aliphatic rings. The van der Waals surface area contributed by atoms with E-state index in [1.807, 2.05) is 0 Å². The number of unbranched alkanes of at least 4 members (excludes halogenated alkanes) is 1. The van der Waals surface area contributed by atoms with Gasteiger partial charge in [-0.15, -0.1) is 0 Å². The van der Waals surface area contributed by atoms with Gasteiger partial charge in [-0.25, -0.2) is 8.42 Å². The first-order valence-corrected chi connectivity index (χ1v) is 8.84. The second kappa shape index (κ2) is 7.40. The van der Waals surface area contributed by atoms with E-state index in [0.717, 1.165) is 25.5 Å². The second-order valence-electron chi connectivity index (χ2n) is 5.50. The molecule has 7 heteroatoms. The molecule has 0 radical (unpaired) electrons. The Balaban J connectivity index is 2.86. The molecular formula is C14H22N2O4S. The Bertz CT molecular complexity index is 597. The van der Waals surface area contributed by atoms with Gasteiger partial charge in [-0.05, 0) is 24.5 Å². The Morgan fingerprint density at radius 3 is 2.48 bits per heavy atom. The Hall–Kier alpha value is -1.63. The number of rotatable bonds is 8. The van der Waals surface area contributed by atoms with Crippen LogP contribution in [-0.4, -0.2) is 26.1 Å². The van der Waals surface area contributed by atoms with Crippen molar-refractivity contribution in [2.75, 3.05) is 18.1 Å². The van der Waals surface area contributed by atoms with Crippen molar-refractivity contribution in [1.29, 1.82) is 0 Å². The third-order valence-electron chi connectivity index (χ3n) is 3.10. The van der Waals surface area contributed by atoms with Crippen LogP contribution in [0.15, 0.2) is 23.1 Å². The molecule has 0 atom stereocenters. The number of hydrogen-bond acceptors (Lipinski definition) is 5. The first-order valence-electron chi connectivity index (χ1n) is 6.94. The number of benzene rings is 1. The summed E-state index contributed by atoms with van der Waals surface area (Å²) in [7, 11) is -3.63. The molecule has 0 bridgehead atoms. The van der Waals surface area contributed by atoms with Crippen LogP contribution in [0.25, 0.3) is 0 Å². The van der Waals surface area contributed by atoms with Crippen LogP contribution in [-0.2, 0) is 9.84 Å². The van der Waals surface area contributed by atoms with Crippen molar-refractivity contribution >= 4 is 21.2 Å². The molecule has 118 valence electrons. The molecule has 0 unspecified atom stereocenters. The topological polar surface area (TPSA) is 89.3 Å². The minimum absolute atomic E-state index is 0.250. The van der Waals surface area contributed by atoms with E-state index < -0.39 is 14.8 Å². The largest absolute Gasteiger partial charge is 0.379 e. The van der Waals surface area contributed by atoms with Crippen LogP contribution in [0.4, 0.5) is 11.4 Å². The minimum atomic E-state index is -3.63. The quantitative estimate of drug-likeness (QED) is 0.452. The summed E-state index contributed by atoms with van der Waals surface area (Å²) in [5.74, 6) is 0.632. The van der Waals surface area contributed by atoms with Gasteiger partial charge in [0.15, 0.2) is 9.84 Å². The first-order chi connectivity index (χ1) is 9.73. The molecule has 0 heterocycles. The summed E-state index contributed by atoms with van der Waals surface area (Å²) in [5, 5.41) is 14.1. The zero-order valence-corrected chi connectivity index (χ0v) is 13.4. The standard InChI is InChI=1S/C14H22N2O4S/c1-11(2)7-4-5-10-15-12-8-6-9-13(21(3,19)20)14(12)16(17)18/h6,8-9,11,15H,4-5,7,10H2,1-3H3. The first kappa shape index (κ1) is 17.4. The summed E-state index contributed by atoms with van der Waals surface area (Å²) < 4.78 is 23.3. The van der Waals surface area contributed by atoms with Crippen molar-refractivity contribution in [3.63, 3.8) is 0 Å². The molecular weight excluding hydrogens is 292 g/mol.